The molecule has 2 aromatic heterocycles. The van der Waals surface area contributed by atoms with Crippen LogP contribution in [0.2, 0.25) is 0 Å². The van der Waals surface area contributed by atoms with Gasteiger partial charge in [0, 0.05) is 44.4 Å². The predicted molar refractivity (Wildman–Crippen MR) is 136 cm³/mol. The van der Waals surface area contributed by atoms with E-state index in [4.69, 9.17) is 9.72 Å². The number of likely N-dealkylation sites (N-methyl/N-ethyl adjacent to an activating group) is 1. The highest BCUT2D eigenvalue weighted by Crippen LogP contribution is 2.32. The van der Waals surface area contributed by atoms with Crippen LogP contribution in [0, 0.1) is 12.7 Å². The highest BCUT2D eigenvalue weighted by Gasteiger charge is 2.20. The zero-order chi connectivity index (χ0) is 24.5. The van der Waals surface area contributed by atoms with Crippen molar-refractivity contribution in [3.05, 3.63) is 81.8 Å². The van der Waals surface area contributed by atoms with Crippen LogP contribution in [-0.2, 0) is 6.42 Å². The lowest BCUT2D eigenvalue weighted by Crippen LogP contribution is -2.44. The van der Waals surface area contributed by atoms with Gasteiger partial charge in [0.15, 0.2) is 0 Å². The van der Waals surface area contributed by atoms with Gasteiger partial charge in [0.25, 0.3) is 5.56 Å². The van der Waals surface area contributed by atoms with E-state index in [-0.39, 0.29) is 11.4 Å². The van der Waals surface area contributed by atoms with Crippen molar-refractivity contribution >= 4 is 16.6 Å². The number of nitrogens with zero attached hydrogens (tertiary/aromatic N) is 4. The number of benzene rings is 2. The van der Waals surface area contributed by atoms with E-state index in [2.05, 4.69) is 26.8 Å². The van der Waals surface area contributed by atoms with E-state index in [0.29, 0.717) is 34.6 Å². The Morgan fingerprint density at radius 1 is 1.09 bits per heavy atom. The molecule has 0 aliphatic carbocycles. The van der Waals surface area contributed by atoms with Crippen molar-refractivity contribution < 1.29 is 9.13 Å². The number of pyridine rings is 1. The first kappa shape index (κ1) is 23.0. The van der Waals surface area contributed by atoms with Gasteiger partial charge >= 0.3 is 0 Å². The Morgan fingerprint density at radius 3 is 2.57 bits per heavy atom. The van der Waals surface area contributed by atoms with Gasteiger partial charge in [-0.1, -0.05) is 6.07 Å². The fourth-order valence-electron chi connectivity index (χ4n) is 4.52. The SMILES string of the molecule is COc1cc2c(=O)[nH]c(Cc3ccc(-c4cc(C)cc(F)c4)nc3)nc2cc1N1CCN(C)CC1. The summed E-state index contributed by atoms with van der Waals surface area (Å²) in [6, 6.07) is 12.4. The van der Waals surface area contributed by atoms with Crippen LogP contribution >= 0.6 is 0 Å². The number of hydrogen-bond acceptors (Lipinski definition) is 6. The summed E-state index contributed by atoms with van der Waals surface area (Å²) in [5, 5.41) is 0.499. The lowest BCUT2D eigenvalue weighted by molar-refractivity contribution is 0.311. The largest absolute Gasteiger partial charge is 0.495 e. The summed E-state index contributed by atoms with van der Waals surface area (Å²) in [6.07, 6.45) is 2.17. The maximum atomic E-state index is 13.8. The molecule has 1 N–H and O–H groups in total. The summed E-state index contributed by atoms with van der Waals surface area (Å²) in [5.74, 6) is 0.957. The number of nitrogens with one attached hydrogen (secondary N) is 1. The molecule has 1 saturated heterocycles. The normalized spacial score (nSPS) is 14.5. The van der Waals surface area contributed by atoms with Crippen LogP contribution in [0.5, 0.6) is 5.75 Å². The maximum absolute atomic E-state index is 13.8. The van der Waals surface area contributed by atoms with E-state index in [1.54, 1.807) is 19.4 Å². The molecule has 0 unspecified atom stereocenters. The van der Waals surface area contributed by atoms with Gasteiger partial charge in [-0.2, -0.15) is 0 Å². The molecule has 0 amide bonds. The van der Waals surface area contributed by atoms with Gasteiger partial charge in [0.1, 0.15) is 17.4 Å². The van der Waals surface area contributed by atoms with E-state index < -0.39 is 0 Å². The van der Waals surface area contributed by atoms with E-state index in [1.807, 2.05) is 31.2 Å². The predicted octanol–water partition coefficient (Wildman–Crippen LogP) is 3.78. The molecule has 7 nitrogen and oxygen atoms in total. The second-order valence-electron chi connectivity index (χ2n) is 9.09. The number of H-pyrrole nitrogens is 1. The average Bonchev–Trinajstić information content (AvgIpc) is 2.84. The Morgan fingerprint density at radius 2 is 1.89 bits per heavy atom. The number of fused-ring (bicyclic) bond motifs is 1. The van der Waals surface area contributed by atoms with E-state index >= 15 is 0 Å². The third-order valence-corrected chi connectivity index (χ3v) is 6.43. The summed E-state index contributed by atoms with van der Waals surface area (Å²) in [5.41, 5.74) is 4.56. The topological polar surface area (TPSA) is 74.3 Å². The number of halogens is 1. The molecule has 4 aromatic rings. The Hall–Kier alpha value is -3.78. The number of piperazine rings is 1. The summed E-state index contributed by atoms with van der Waals surface area (Å²) >= 11 is 0. The zero-order valence-corrected chi connectivity index (χ0v) is 20.1. The number of aryl methyl sites for hydroxylation is 1. The van der Waals surface area contributed by atoms with Crippen molar-refractivity contribution in [1.82, 2.24) is 19.9 Å². The van der Waals surface area contributed by atoms with Crippen LogP contribution in [0.15, 0.2) is 53.5 Å². The summed E-state index contributed by atoms with van der Waals surface area (Å²) < 4.78 is 19.4. The fraction of sp³-hybridized carbons (Fsp3) is 0.296. The lowest BCUT2D eigenvalue weighted by Gasteiger charge is -2.34. The van der Waals surface area contributed by atoms with Crippen LogP contribution < -0.4 is 15.2 Å². The molecule has 8 heteroatoms. The number of anilines is 1. The van der Waals surface area contributed by atoms with Crippen molar-refractivity contribution in [3.63, 3.8) is 0 Å². The number of ether oxygens (including phenoxy) is 1. The number of rotatable bonds is 5. The number of aromatic nitrogens is 3. The molecule has 0 spiro atoms. The third-order valence-electron chi connectivity index (χ3n) is 6.43. The minimum Gasteiger partial charge on any atom is -0.495 e. The lowest BCUT2D eigenvalue weighted by atomic mass is 10.1. The maximum Gasteiger partial charge on any atom is 0.258 e. The van der Waals surface area contributed by atoms with Gasteiger partial charge in [-0.3, -0.25) is 9.78 Å². The molecule has 1 fully saturated rings. The molecule has 5 rings (SSSR count). The first-order valence-electron chi connectivity index (χ1n) is 11.7. The molecule has 35 heavy (non-hydrogen) atoms. The number of methoxy groups -OCH3 is 1. The summed E-state index contributed by atoms with van der Waals surface area (Å²) in [4.78, 5) is 29.6. The second kappa shape index (κ2) is 9.46. The monoisotopic (exact) mass is 473 g/mol. The minimum atomic E-state index is -0.281. The van der Waals surface area contributed by atoms with Crippen LogP contribution in [0.1, 0.15) is 17.0 Å². The number of aromatic amines is 1. The molecule has 0 bridgehead atoms. The Balaban J connectivity index is 1.44. The van der Waals surface area contributed by atoms with Gasteiger partial charge in [-0.05, 0) is 61.5 Å². The fourth-order valence-corrected chi connectivity index (χ4v) is 4.52. The van der Waals surface area contributed by atoms with Gasteiger partial charge in [0.05, 0.1) is 29.4 Å². The van der Waals surface area contributed by atoms with Gasteiger partial charge in [-0.15, -0.1) is 0 Å². The standard InChI is InChI=1S/C27H28FN5O2/c1-17-10-19(13-20(28)11-17)22-5-4-18(16-29-22)12-26-30-23-15-24(33-8-6-32(2)7-9-33)25(35-3)14-21(23)27(34)31-26/h4-5,10-11,13-16H,6-9,12H2,1-3H3,(H,30,31,34). The van der Waals surface area contributed by atoms with E-state index in [0.717, 1.165) is 48.6 Å². The van der Waals surface area contributed by atoms with Gasteiger partial charge in [0.2, 0.25) is 0 Å². The van der Waals surface area contributed by atoms with Crippen LogP contribution in [0.4, 0.5) is 10.1 Å². The Bertz CT molecular complexity index is 1410. The van der Waals surface area contributed by atoms with Crippen LogP contribution in [0.3, 0.4) is 0 Å². The van der Waals surface area contributed by atoms with E-state index in [1.165, 1.54) is 12.1 Å². The molecule has 0 radical (unpaired) electrons. The molecular formula is C27H28FN5O2. The quantitative estimate of drug-likeness (QED) is 0.476. The van der Waals surface area contributed by atoms with E-state index in [9.17, 15) is 9.18 Å². The average molecular weight is 474 g/mol. The smallest absolute Gasteiger partial charge is 0.258 e. The Kier molecular flexibility index (Phi) is 6.21. The minimum absolute atomic E-state index is 0.201. The van der Waals surface area contributed by atoms with Gasteiger partial charge in [-0.25, -0.2) is 9.37 Å². The van der Waals surface area contributed by atoms with Crippen molar-refractivity contribution in [2.75, 3.05) is 45.2 Å². The molecule has 180 valence electrons. The molecule has 3 heterocycles. The molecule has 0 saturated carbocycles. The van der Waals surface area contributed by atoms with Crippen molar-refractivity contribution in [2.45, 2.75) is 13.3 Å². The highest BCUT2D eigenvalue weighted by atomic mass is 19.1. The Labute approximate surface area is 203 Å². The van der Waals surface area contributed by atoms with Crippen molar-refractivity contribution in [3.8, 4) is 17.0 Å². The second-order valence-corrected chi connectivity index (χ2v) is 9.09. The van der Waals surface area contributed by atoms with Crippen LogP contribution in [-0.4, -0.2) is 60.2 Å². The molecule has 1 aliphatic heterocycles. The van der Waals surface area contributed by atoms with Crippen molar-refractivity contribution in [1.29, 1.82) is 0 Å². The molecule has 0 atom stereocenters. The molecule has 1 aliphatic rings. The first-order valence-corrected chi connectivity index (χ1v) is 11.7. The zero-order valence-electron chi connectivity index (χ0n) is 20.1. The highest BCUT2D eigenvalue weighted by molar-refractivity contribution is 5.85. The van der Waals surface area contributed by atoms with Crippen molar-refractivity contribution in [2.24, 2.45) is 0 Å². The molecule has 2 aromatic carbocycles. The third kappa shape index (κ3) is 4.88. The van der Waals surface area contributed by atoms with Gasteiger partial charge < -0.3 is 19.5 Å². The number of hydrogen-bond donors (Lipinski definition) is 1. The summed E-state index contributed by atoms with van der Waals surface area (Å²) in [6.45, 7) is 5.56. The molecular weight excluding hydrogens is 445 g/mol. The summed E-state index contributed by atoms with van der Waals surface area (Å²) in [7, 11) is 3.74. The van der Waals surface area contributed by atoms with Crippen LogP contribution in [0.25, 0.3) is 22.2 Å². The first-order chi connectivity index (χ1) is 16.9.